The van der Waals surface area contributed by atoms with Crippen molar-refractivity contribution in [2.75, 3.05) is 0 Å². The summed E-state index contributed by atoms with van der Waals surface area (Å²) in [5, 5.41) is 0. The molecule has 0 aromatic carbocycles. The Morgan fingerprint density at radius 1 is 0.867 bits per heavy atom. The first kappa shape index (κ1) is 15.0. The summed E-state index contributed by atoms with van der Waals surface area (Å²) in [5.41, 5.74) is 0. The topological polar surface area (TPSA) is 0 Å². The molecular formula is C15H32. The molecule has 0 saturated heterocycles. The van der Waals surface area contributed by atoms with Crippen molar-refractivity contribution in [3.05, 3.63) is 0 Å². The van der Waals surface area contributed by atoms with Crippen LogP contribution in [0.1, 0.15) is 79.6 Å². The molecule has 0 aromatic heterocycles. The molecule has 0 bridgehead atoms. The Labute approximate surface area is 97.8 Å². The predicted molar refractivity (Wildman–Crippen MR) is 71.2 cm³/mol. The first-order valence-electron chi connectivity index (χ1n) is 7.15. The number of hydrogen-bond donors (Lipinski definition) is 0. The van der Waals surface area contributed by atoms with Gasteiger partial charge in [0.05, 0.1) is 0 Å². The second-order valence-corrected chi connectivity index (χ2v) is 5.42. The van der Waals surface area contributed by atoms with Gasteiger partial charge in [-0.05, 0) is 24.2 Å². The first-order chi connectivity index (χ1) is 7.15. The molecule has 0 aliphatic heterocycles. The van der Waals surface area contributed by atoms with Gasteiger partial charge in [0.2, 0.25) is 0 Å². The maximum Gasteiger partial charge on any atom is -0.0386 e. The van der Waals surface area contributed by atoms with E-state index in [2.05, 4.69) is 34.6 Å². The Kier molecular flexibility index (Phi) is 9.24. The molecule has 0 spiro atoms. The van der Waals surface area contributed by atoms with E-state index in [1.165, 1.54) is 44.9 Å². The maximum absolute atomic E-state index is 2.47. The van der Waals surface area contributed by atoms with Gasteiger partial charge in [0, 0.05) is 0 Å². The van der Waals surface area contributed by atoms with Crippen molar-refractivity contribution >= 4 is 0 Å². The fourth-order valence-corrected chi connectivity index (χ4v) is 2.45. The molecule has 0 amide bonds. The van der Waals surface area contributed by atoms with Crippen molar-refractivity contribution in [1.29, 1.82) is 0 Å². The molecule has 0 aromatic rings. The van der Waals surface area contributed by atoms with Crippen LogP contribution in [0.4, 0.5) is 0 Å². The van der Waals surface area contributed by atoms with Crippen molar-refractivity contribution in [2.24, 2.45) is 17.8 Å². The summed E-state index contributed by atoms with van der Waals surface area (Å²) in [6.07, 6.45) is 9.81. The van der Waals surface area contributed by atoms with Gasteiger partial charge in [-0.15, -0.1) is 0 Å². The zero-order valence-electron chi connectivity index (χ0n) is 11.7. The molecule has 0 aliphatic rings. The summed E-state index contributed by atoms with van der Waals surface area (Å²) in [6.45, 7) is 11.8. The van der Waals surface area contributed by atoms with Crippen LogP contribution in [0.3, 0.4) is 0 Å². The van der Waals surface area contributed by atoms with Gasteiger partial charge in [0.15, 0.2) is 0 Å². The molecule has 92 valence electrons. The van der Waals surface area contributed by atoms with Gasteiger partial charge in [0.1, 0.15) is 0 Å². The second-order valence-electron chi connectivity index (χ2n) is 5.42. The smallest absolute Gasteiger partial charge is 0.0386 e. The SMILES string of the molecule is CCCCC(C)C(CCC)CC(C)CC. The Morgan fingerprint density at radius 2 is 1.53 bits per heavy atom. The standard InChI is InChI=1S/C15H32/c1-6-9-11-14(5)15(10-7-2)12-13(4)8-3/h13-15H,6-12H2,1-5H3. The molecule has 0 N–H and O–H groups in total. The Bertz CT molecular complexity index is 128. The summed E-state index contributed by atoms with van der Waals surface area (Å²) < 4.78 is 0. The van der Waals surface area contributed by atoms with E-state index in [-0.39, 0.29) is 0 Å². The Hall–Kier alpha value is 0. The van der Waals surface area contributed by atoms with Crippen molar-refractivity contribution in [3.63, 3.8) is 0 Å². The van der Waals surface area contributed by atoms with E-state index in [9.17, 15) is 0 Å². The van der Waals surface area contributed by atoms with Crippen LogP contribution in [0.2, 0.25) is 0 Å². The third kappa shape index (κ3) is 6.98. The fourth-order valence-electron chi connectivity index (χ4n) is 2.45. The van der Waals surface area contributed by atoms with Gasteiger partial charge in [-0.25, -0.2) is 0 Å². The molecule has 15 heavy (non-hydrogen) atoms. The van der Waals surface area contributed by atoms with Crippen molar-refractivity contribution in [1.82, 2.24) is 0 Å². The van der Waals surface area contributed by atoms with E-state index in [1.807, 2.05) is 0 Å². The monoisotopic (exact) mass is 212 g/mol. The average Bonchev–Trinajstić information content (AvgIpc) is 2.24. The van der Waals surface area contributed by atoms with Crippen LogP contribution < -0.4 is 0 Å². The van der Waals surface area contributed by atoms with E-state index in [4.69, 9.17) is 0 Å². The van der Waals surface area contributed by atoms with E-state index >= 15 is 0 Å². The van der Waals surface area contributed by atoms with Crippen molar-refractivity contribution < 1.29 is 0 Å². The van der Waals surface area contributed by atoms with Gasteiger partial charge in [0.25, 0.3) is 0 Å². The quantitative estimate of drug-likeness (QED) is 0.462. The van der Waals surface area contributed by atoms with Crippen molar-refractivity contribution in [2.45, 2.75) is 79.6 Å². The highest BCUT2D eigenvalue weighted by atomic mass is 14.2. The average molecular weight is 212 g/mol. The van der Waals surface area contributed by atoms with E-state index in [0.29, 0.717) is 0 Å². The van der Waals surface area contributed by atoms with Gasteiger partial charge < -0.3 is 0 Å². The maximum atomic E-state index is 2.47. The molecular weight excluding hydrogens is 180 g/mol. The van der Waals surface area contributed by atoms with Crippen LogP contribution in [0.25, 0.3) is 0 Å². The van der Waals surface area contributed by atoms with Gasteiger partial charge >= 0.3 is 0 Å². The van der Waals surface area contributed by atoms with E-state index in [1.54, 1.807) is 0 Å². The van der Waals surface area contributed by atoms with Crippen molar-refractivity contribution in [3.8, 4) is 0 Å². The first-order valence-corrected chi connectivity index (χ1v) is 7.15. The minimum atomic E-state index is 0.922. The molecule has 0 heterocycles. The van der Waals surface area contributed by atoms with Crippen LogP contribution in [0.15, 0.2) is 0 Å². The summed E-state index contributed by atoms with van der Waals surface area (Å²) in [7, 11) is 0. The minimum Gasteiger partial charge on any atom is -0.0654 e. The molecule has 3 atom stereocenters. The minimum absolute atomic E-state index is 0.922. The molecule has 0 heteroatoms. The fraction of sp³-hybridized carbons (Fsp3) is 1.00. The van der Waals surface area contributed by atoms with E-state index in [0.717, 1.165) is 17.8 Å². The lowest BCUT2D eigenvalue weighted by Crippen LogP contribution is -2.15. The van der Waals surface area contributed by atoms with Crippen LogP contribution >= 0.6 is 0 Å². The third-order valence-electron chi connectivity index (χ3n) is 3.88. The van der Waals surface area contributed by atoms with Gasteiger partial charge in [-0.3, -0.25) is 0 Å². The lowest BCUT2D eigenvalue weighted by molar-refractivity contribution is 0.253. The highest BCUT2D eigenvalue weighted by Crippen LogP contribution is 2.29. The lowest BCUT2D eigenvalue weighted by Gasteiger charge is -2.26. The molecule has 3 unspecified atom stereocenters. The molecule has 0 aliphatic carbocycles. The summed E-state index contributed by atoms with van der Waals surface area (Å²) in [5.74, 6) is 2.85. The molecule has 0 nitrogen and oxygen atoms in total. The zero-order chi connectivity index (χ0) is 11.7. The van der Waals surface area contributed by atoms with Crippen LogP contribution in [0.5, 0.6) is 0 Å². The Balaban J connectivity index is 3.99. The van der Waals surface area contributed by atoms with Gasteiger partial charge in [-0.2, -0.15) is 0 Å². The second kappa shape index (κ2) is 9.24. The van der Waals surface area contributed by atoms with E-state index < -0.39 is 0 Å². The largest absolute Gasteiger partial charge is 0.0654 e. The van der Waals surface area contributed by atoms with Crippen LogP contribution in [-0.4, -0.2) is 0 Å². The molecule has 0 saturated carbocycles. The zero-order valence-corrected chi connectivity index (χ0v) is 11.7. The Morgan fingerprint density at radius 3 is 2.00 bits per heavy atom. The van der Waals surface area contributed by atoms with Gasteiger partial charge in [-0.1, -0.05) is 73.1 Å². The number of hydrogen-bond acceptors (Lipinski definition) is 0. The molecule has 0 radical (unpaired) electrons. The summed E-state index contributed by atoms with van der Waals surface area (Å²) in [6, 6.07) is 0. The lowest BCUT2D eigenvalue weighted by atomic mass is 9.80. The third-order valence-corrected chi connectivity index (χ3v) is 3.88. The highest BCUT2D eigenvalue weighted by Gasteiger charge is 2.17. The predicted octanol–water partition coefficient (Wildman–Crippen LogP) is 5.67. The normalized spacial score (nSPS) is 17.4. The van der Waals surface area contributed by atoms with Crippen LogP contribution in [-0.2, 0) is 0 Å². The highest BCUT2D eigenvalue weighted by molar-refractivity contribution is 4.69. The molecule has 0 rings (SSSR count). The molecule has 0 fully saturated rings. The van der Waals surface area contributed by atoms with Crippen LogP contribution in [0, 0.1) is 17.8 Å². The number of rotatable bonds is 9. The number of unbranched alkanes of at least 4 members (excludes halogenated alkanes) is 1. The summed E-state index contributed by atoms with van der Waals surface area (Å²) in [4.78, 5) is 0. The summed E-state index contributed by atoms with van der Waals surface area (Å²) >= 11 is 0.